The fourth-order valence-corrected chi connectivity index (χ4v) is 3.42. The van der Waals surface area contributed by atoms with Crippen LogP contribution in [0.1, 0.15) is 33.1 Å². The Morgan fingerprint density at radius 1 is 1.43 bits per heavy atom. The van der Waals surface area contributed by atoms with E-state index in [1.165, 1.54) is 10.6 Å². The van der Waals surface area contributed by atoms with Crippen LogP contribution in [-0.2, 0) is 4.74 Å². The lowest BCUT2D eigenvalue weighted by molar-refractivity contribution is 0.338. The van der Waals surface area contributed by atoms with E-state index in [9.17, 15) is 0 Å². The number of rotatable bonds is 6. The van der Waals surface area contributed by atoms with Crippen molar-refractivity contribution < 1.29 is 4.74 Å². The number of thioether (sulfide) groups is 1. The summed E-state index contributed by atoms with van der Waals surface area (Å²) in [7, 11) is 0. The van der Waals surface area contributed by atoms with Gasteiger partial charge < -0.3 is 9.64 Å². The first kappa shape index (κ1) is 15.7. The van der Waals surface area contributed by atoms with Gasteiger partial charge in [-0.05, 0) is 25.0 Å². The predicted octanol–water partition coefficient (Wildman–Crippen LogP) is 3.67. The molecule has 1 saturated heterocycles. The molecule has 5 heteroatoms. The average molecular weight is 301 g/mol. The molecule has 0 aromatic carbocycles. The molecule has 0 amide bonds. The van der Waals surface area contributed by atoms with Gasteiger partial charge in [0.25, 0.3) is 0 Å². The smallest absolute Gasteiger partial charge is 0.129 e. The van der Waals surface area contributed by atoms with Crippen LogP contribution in [0, 0.1) is 22.7 Å². The molecule has 0 spiro atoms. The van der Waals surface area contributed by atoms with Crippen molar-refractivity contribution in [2.45, 2.75) is 39.2 Å². The van der Waals surface area contributed by atoms with Gasteiger partial charge in [0.05, 0.1) is 24.3 Å². The van der Waals surface area contributed by atoms with Crippen LogP contribution >= 0.6 is 11.8 Å². The van der Waals surface area contributed by atoms with Crippen LogP contribution in [0.2, 0.25) is 0 Å². The highest BCUT2D eigenvalue weighted by molar-refractivity contribution is 8.06. The first-order valence-corrected chi connectivity index (χ1v) is 8.06. The first-order valence-electron chi connectivity index (χ1n) is 7.24. The zero-order chi connectivity index (χ0) is 15.2. The van der Waals surface area contributed by atoms with E-state index in [0.29, 0.717) is 6.10 Å². The molecule has 0 aromatic heterocycles. The lowest BCUT2D eigenvalue weighted by Gasteiger charge is -2.22. The van der Waals surface area contributed by atoms with Crippen molar-refractivity contribution >= 4 is 11.8 Å². The van der Waals surface area contributed by atoms with E-state index in [1.54, 1.807) is 17.8 Å². The van der Waals surface area contributed by atoms with Crippen LogP contribution in [0.5, 0.6) is 0 Å². The second kappa shape index (κ2) is 7.36. The van der Waals surface area contributed by atoms with E-state index in [1.807, 2.05) is 18.2 Å². The zero-order valence-electron chi connectivity index (χ0n) is 12.4. The highest BCUT2D eigenvalue weighted by Gasteiger charge is 2.32. The van der Waals surface area contributed by atoms with Gasteiger partial charge >= 0.3 is 0 Å². The van der Waals surface area contributed by atoms with Crippen LogP contribution in [0.3, 0.4) is 0 Å². The minimum absolute atomic E-state index is 0.132. The second-order valence-corrected chi connectivity index (χ2v) is 6.07. The van der Waals surface area contributed by atoms with Crippen molar-refractivity contribution in [3.05, 3.63) is 33.4 Å². The molecule has 21 heavy (non-hydrogen) atoms. The SMILES string of the molecule is CCCC1=C(CC)SC(=CC=C(C#N)C#N)N1CC1CO1. The molecule has 0 aliphatic carbocycles. The molecule has 2 aliphatic heterocycles. The molecule has 1 unspecified atom stereocenters. The minimum Gasteiger partial charge on any atom is -0.371 e. The number of hydrogen-bond donors (Lipinski definition) is 0. The van der Waals surface area contributed by atoms with Crippen molar-refractivity contribution in [1.82, 2.24) is 4.90 Å². The molecule has 1 fully saturated rings. The van der Waals surface area contributed by atoms with Crippen LogP contribution in [-0.4, -0.2) is 24.2 Å². The minimum atomic E-state index is 0.132. The number of hydrogen-bond acceptors (Lipinski definition) is 5. The van der Waals surface area contributed by atoms with Crippen LogP contribution in [0.4, 0.5) is 0 Å². The molecule has 4 nitrogen and oxygen atoms in total. The Balaban J connectivity index is 2.25. The topological polar surface area (TPSA) is 63.4 Å². The van der Waals surface area contributed by atoms with E-state index in [2.05, 4.69) is 18.7 Å². The Labute approximate surface area is 130 Å². The van der Waals surface area contributed by atoms with Gasteiger partial charge in [0.15, 0.2) is 0 Å². The molecule has 1 atom stereocenters. The van der Waals surface area contributed by atoms with Gasteiger partial charge in [0.1, 0.15) is 17.7 Å². The Hall–Kier alpha value is -1.69. The molecule has 110 valence electrons. The second-order valence-electron chi connectivity index (χ2n) is 4.95. The Kier molecular flexibility index (Phi) is 5.50. The fourth-order valence-electron chi connectivity index (χ4n) is 2.27. The number of ether oxygens (including phenoxy) is 1. The van der Waals surface area contributed by atoms with E-state index >= 15 is 0 Å². The summed E-state index contributed by atoms with van der Waals surface area (Å²) in [5.41, 5.74) is 1.50. The highest BCUT2D eigenvalue weighted by Crippen LogP contribution is 2.45. The highest BCUT2D eigenvalue weighted by atomic mass is 32.2. The molecule has 2 rings (SSSR count). The summed E-state index contributed by atoms with van der Waals surface area (Å²) in [6.07, 6.45) is 6.96. The standard InChI is InChI=1S/C16H19N3OS/c1-3-5-14-15(4-2)21-16(7-6-12(8-17)9-18)19(14)10-13-11-20-13/h6-7,13H,3-5,10-11H2,1-2H3. The molecule has 0 saturated carbocycles. The van der Waals surface area contributed by atoms with E-state index in [-0.39, 0.29) is 5.57 Å². The van der Waals surface area contributed by atoms with Gasteiger partial charge in [-0.3, -0.25) is 0 Å². The zero-order valence-corrected chi connectivity index (χ0v) is 13.2. The number of nitriles is 2. The van der Waals surface area contributed by atoms with Crippen LogP contribution < -0.4 is 0 Å². The van der Waals surface area contributed by atoms with Crippen LogP contribution in [0.25, 0.3) is 0 Å². The molecule has 0 N–H and O–H groups in total. The van der Waals surface area contributed by atoms with Crippen molar-refractivity contribution in [2.24, 2.45) is 0 Å². The van der Waals surface area contributed by atoms with Crippen molar-refractivity contribution in [1.29, 1.82) is 10.5 Å². The van der Waals surface area contributed by atoms with E-state index in [4.69, 9.17) is 15.3 Å². The Morgan fingerprint density at radius 3 is 2.67 bits per heavy atom. The van der Waals surface area contributed by atoms with E-state index in [0.717, 1.165) is 37.4 Å². The predicted molar refractivity (Wildman–Crippen MR) is 83.7 cm³/mol. The largest absolute Gasteiger partial charge is 0.371 e. The fraction of sp³-hybridized carbons (Fsp3) is 0.500. The number of epoxide rings is 1. The summed E-state index contributed by atoms with van der Waals surface area (Å²) in [6, 6.07) is 3.79. The summed E-state index contributed by atoms with van der Waals surface area (Å²) in [6.45, 7) is 6.03. The summed E-state index contributed by atoms with van der Waals surface area (Å²) < 4.78 is 5.36. The maximum atomic E-state index is 8.83. The van der Waals surface area contributed by atoms with Crippen molar-refractivity contribution in [2.75, 3.05) is 13.2 Å². The first-order chi connectivity index (χ1) is 10.2. The lowest BCUT2D eigenvalue weighted by Crippen LogP contribution is -2.23. The molecule has 0 radical (unpaired) electrons. The molecule has 2 heterocycles. The van der Waals surface area contributed by atoms with E-state index < -0.39 is 0 Å². The van der Waals surface area contributed by atoms with Gasteiger partial charge in [-0.1, -0.05) is 32.0 Å². The Bertz CT molecular complexity index is 557. The normalized spacial score (nSPS) is 22.2. The summed E-state index contributed by atoms with van der Waals surface area (Å²) in [5.74, 6) is 0. The third kappa shape index (κ3) is 3.91. The molecule has 0 aromatic rings. The maximum absolute atomic E-state index is 8.83. The van der Waals surface area contributed by atoms with Crippen molar-refractivity contribution in [3.8, 4) is 12.1 Å². The Morgan fingerprint density at radius 2 is 2.14 bits per heavy atom. The lowest BCUT2D eigenvalue weighted by atomic mass is 10.2. The van der Waals surface area contributed by atoms with Gasteiger partial charge in [0.2, 0.25) is 0 Å². The molecule has 0 bridgehead atoms. The monoisotopic (exact) mass is 301 g/mol. The molecular formula is C16H19N3OS. The average Bonchev–Trinajstić information content (AvgIpc) is 3.26. The summed E-state index contributed by atoms with van der Waals surface area (Å²) >= 11 is 1.75. The van der Waals surface area contributed by atoms with Gasteiger partial charge in [-0.15, -0.1) is 0 Å². The number of nitrogens with zero attached hydrogens (tertiary/aromatic N) is 3. The summed E-state index contributed by atoms with van der Waals surface area (Å²) in [4.78, 5) is 3.68. The molecular weight excluding hydrogens is 282 g/mol. The third-order valence-electron chi connectivity index (χ3n) is 3.37. The van der Waals surface area contributed by atoms with Crippen molar-refractivity contribution in [3.63, 3.8) is 0 Å². The van der Waals surface area contributed by atoms with Crippen LogP contribution in [0.15, 0.2) is 33.4 Å². The van der Waals surface area contributed by atoms with Gasteiger partial charge in [-0.25, -0.2) is 0 Å². The van der Waals surface area contributed by atoms with Gasteiger partial charge in [-0.2, -0.15) is 10.5 Å². The number of allylic oxidation sites excluding steroid dienone is 5. The molecule has 2 aliphatic rings. The third-order valence-corrected chi connectivity index (χ3v) is 4.71. The maximum Gasteiger partial charge on any atom is 0.129 e. The summed E-state index contributed by atoms with van der Waals surface area (Å²) in [5, 5.41) is 18.8. The quantitative estimate of drug-likeness (QED) is 0.553. The van der Waals surface area contributed by atoms with Gasteiger partial charge in [0, 0.05) is 10.6 Å².